The van der Waals surface area contributed by atoms with Crippen LogP contribution in [0.5, 0.6) is 0 Å². The third kappa shape index (κ3) is 3.32. The van der Waals surface area contributed by atoms with Crippen LogP contribution in [0.1, 0.15) is 51.5 Å². The van der Waals surface area contributed by atoms with Crippen LogP contribution in [0, 0.1) is 11.3 Å². The van der Waals surface area contributed by atoms with Crippen molar-refractivity contribution in [3.8, 4) is 0 Å². The lowest BCUT2D eigenvalue weighted by Gasteiger charge is -2.59. The van der Waals surface area contributed by atoms with Gasteiger partial charge in [0.15, 0.2) is 0 Å². The van der Waals surface area contributed by atoms with Gasteiger partial charge in [-0.3, -0.25) is 0 Å². The smallest absolute Gasteiger partial charge is 0.0142 e. The van der Waals surface area contributed by atoms with Crippen molar-refractivity contribution in [1.29, 1.82) is 0 Å². The molecule has 1 aromatic rings. The average molecular weight is 325 g/mol. The summed E-state index contributed by atoms with van der Waals surface area (Å²) in [6.07, 6.45) is 9.08. The molecule has 2 aliphatic carbocycles. The van der Waals surface area contributed by atoms with E-state index in [0.29, 0.717) is 5.41 Å². The van der Waals surface area contributed by atoms with Gasteiger partial charge in [0.1, 0.15) is 0 Å². The van der Waals surface area contributed by atoms with Crippen LogP contribution in [0.3, 0.4) is 0 Å². The van der Waals surface area contributed by atoms with Crippen molar-refractivity contribution < 1.29 is 0 Å². The van der Waals surface area contributed by atoms with Gasteiger partial charge in [-0.05, 0) is 55.5 Å². The molecule has 1 aliphatic heterocycles. The minimum atomic E-state index is 0.699. The number of hydrogen-bond acceptors (Lipinski definition) is 2. The van der Waals surface area contributed by atoms with E-state index in [2.05, 4.69) is 60.5 Å². The van der Waals surface area contributed by atoms with Gasteiger partial charge in [0, 0.05) is 25.2 Å². The standard InChI is InChI=1S/C22H32N2/c1-3-10-24-15-22(16-24)13-19(14-22)23-21-12-20(21)18(4-2)11-17-8-6-5-7-9-17/h5-9,11,19-21,23H,3-4,10,12-16H2,1-2H3/b18-11+. The van der Waals surface area contributed by atoms with Crippen LogP contribution >= 0.6 is 0 Å². The molecule has 3 aliphatic rings. The maximum absolute atomic E-state index is 3.95. The molecule has 1 heterocycles. The quantitative estimate of drug-likeness (QED) is 0.803. The minimum Gasteiger partial charge on any atom is -0.311 e. The molecule has 24 heavy (non-hydrogen) atoms. The lowest BCUT2D eigenvalue weighted by Crippen LogP contribution is -2.66. The van der Waals surface area contributed by atoms with Gasteiger partial charge in [0.25, 0.3) is 0 Å². The second kappa shape index (κ2) is 6.65. The molecular weight excluding hydrogens is 292 g/mol. The van der Waals surface area contributed by atoms with E-state index in [1.807, 2.05) is 0 Å². The summed E-state index contributed by atoms with van der Waals surface area (Å²) in [6, 6.07) is 12.3. The van der Waals surface area contributed by atoms with E-state index in [4.69, 9.17) is 0 Å². The molecule has 2 nitrogen and oxygen atoms in total. The number of nitrogens with zero attached hydrogens (tertiary/aromatic N) is 1. The third-order valence-electron chi connectivity index (χ3n) is 6.29. The van der Waals surface area contributed by atoms with Crippen LogP contribution in [0.15, 0.2) is 35.9 Å². The van der Waals surface area contributed by atoms with E-state index < -0.39 is 0 Å². The van der Waals surface area contributed by atoms with Gasteiger partial charge in [-0.2, -0.15) is 0 Å². The maximum atomic E-state index is 3.95. The Morgan fingerprint density at radius 1 is 1.21 bits per heavy atom. The van der Waals surface area contributed by atoms with Crippen molar-refractivity contribution in [2.75, 3.05) is 19.6 Å². The summed E-state index contributed by atoms with van der Waals surface area (Å²) in [5.41, 5.74) is 3.68. The fraction of sp³-hybridized carbons (Fsp3) is 0.636. The minimum absolute atomic E-state index is 0.699. The fourth-order valence-corrected chi connectivity index (χ4v) is 5.06. The van der Waals surface area contributed by atoms with Gasteiger partial charge in [0.05, 0.1) is 0 Å². The summed E-state index contributed by atoms with van der Waals surface area (Å²) in [5, 5.41) is 3.95. The van der Waals surface area contributed by atoms with Crippen molar-refractivity contribution in [2.45, 2.75) is 58.0 Å². The molecule has 3 fully saturated rings. The highest BCUT2D eigenvalue weighted by Gasteiger charge is 2.53. The molecule has 2 atom stereocenters. The monoisotopic (exact) mass is 324 g/mol. The van der Waals surface area contributed by atoms with Gasteiger partial charge >= 0.3 is 0 Å². The number of hydrogen-bond donors (Lipinski definition) is 1. The molecule has 0 radical (unpaired) electrons. The first-order valence-electron chi connectivity index (χ1n) is 9.95. The predicted octanol–water partition coefficient (Wildman–Crippen LogP) is 4.33. The molecule has 0 aromatic heterocycles. The largest absolute Gasteiger partial charge is 0.311 e. The molecular formula is C22H32N2. The Balaban J connectivity index is 1.24. The highest BCUT2D eigenvalue weighted by molar-refractivity contribution is 5.54. The number of rotatable bonds is 7. The molecule has 0 amide bonds. The Hall–Kier alpha value is -1.12. The van der Waals surface area contributed by atoms with E-state index in [9.17, 15) is 0 Å². The molecule has 1 saturated heterocycles. The predicted molar refractivity (Wildman–Crippen MR) is 102 cm³/mol. The van der Waals surface area contributed by atoms with E-state index in [1.165, 1.54) is 57.3 Å². The number of nitrogens with one attached hydrogen (secondary N) is 1. The highest BCUT2D eigenvalue weighted by Crippen LogP contribution is 2.50. The average Bonchev–Trinajstić information content (AvgIpc) is 3.28. The van der Waals surface area contributed by atoms with E-state index in [1.54, 1.807) is 5.57 Å². The Morgan fingerprint density at radius 3 is 2.62 bits per heavy atom. The molecule has 2 unspecified atom stereocenters. The second-order valence-electron chi connectivity index (χ2n) is 8.41. The van der Waals surface area contributed by atoms with E-state index in [0.717, 1.165) is 18.0 Å². The summed E-state index contributed by atoms with van der Waals surface area (Å²) >= 11 is 0. The lowest BCUT2D eigenvalue weighted by atomic mass is 9.60. The molecule has 1 N–H and O–H groups in total. The third-order valence-corrected chi connectivity index (χ3v) is 6.29. The van der Waals surface area contributed by atoms with Crippen molar-refractivity contribution in [3.63, 3.8) is 0 Å². The molecule has 130 valence electrons. The summed E-state index contributed by atoms with van der Waals surface area (Å²) in [5.74, 6) is 0.782. The Bertz CT molecular complexity index is 577. The fourth-order valence-electron chi connectivity index (χ4n) is 5.06. The zero-order valence-electron chi connectivity index (χ0n) is 15.3. The van der Waals surface area contributed by atoms with Crippen LogP contribution in [0.2, 0.25) is 0 Å². The zero-order chi connectivity index (χ0) is 16.6. The molecule has 4 rings (SSSR count). The molecule has 1 spiro atoms. The van der Waals surface area contributed by atoms with Crippen LogP contribution in [-0.2, 0) is 0 Å². The van der Waals surface area contributed by atoms with Crippen molar-refractivity contribution in [1.82, 2.24) is 10.2 Å². The number of likely N-dealkylation sites (tertiary alicyclic amines) is 1. The van der Waals surface area contributed by atoms with E-state index >= 15 is 0 Å². The second-order valence-corrected chi connectivity index (χ2v) is 8.41. The van der Waals surface area contributed by atoms with Crippen LogP contribution in [0.25, 0.3) is 6.08 Å². The zero-order valence-corrected chi connectivity index (χ0v) is 15.3. The maximum Gasteiger partial charge on any atom is 0.0142 e. The van der Waals surface area contributed by atoms with Gasteiger partial charge in [0.2, 0.25) is 0 Å². The van der Waals surface area contributed by atoms with Gasteiger partial charge in [-0.25, -0.2) is 0 Å². The summed E-state index contributed by atoms with van der Waals surface area (Å²) < 4.78 is 0. The normalized spacial score (nSPS) is 29.3. The summed E-state index contributed by atoms with van der Waals surface area (Å²) in [4.78, 5) is 2.63. The van der Waals surface area contributed by atoms with Gasteiger partial charge in [-0.15, -0.1) is 0 Å². The first-order chi connectivity index (χ1) is 11.7. The van der Waals surface area contributed by atoms with Gasteiger partial charge < -0.3 is 10.2 Å². The van der Waals surface area contributed by atoms with Crippen molar-refractivity contribution >= 4 is 6.08 Å². The Morgan fingerprint density at radius 2 is 1.96 bits per heavy atom. The number of benzene rings is 1. The van der Waals surface area contributed by atoms with Crippen molar-refractivity contribution in [3.05, 3.63) is 41.5 Å². The summed E-state index contributed by atoms with van der Waals surface area (Å²) in [7, 11) is 0. The van der Waals surface area contributed by atoms with Crippen molar-refractivity contribution in [2.24, 2.45) is 11.3 Å². The van der Waals surface area contributed by atoms with Gasteiger partial charge in [-0.1, -0.05) is 55.8 Å². The SMILES string of the molecule is CCCN1CC2(CC(NC3CC3/C(=C/c3ccccc3)CC)C2)C1. The molecule has 1 aromatic carbocycles. The van der Waals surface area contributed by atoms with Crippen LogP contribution in [0.4, 0.5) is 0 Å². The molecule has 2 saturated carbocycles. The topological polar surface area (TPSA) is 15.3 Å². The highest BCUT2D eigenvalue weighted by atomic mass is 15.2. The van der Waals surface area contributed by atoms with Crippen LogP contribution < -0.4 is 5.32 Å². The first kappa shape index (κ1) is 16.4. The molecule has 2 heteroatoms. The Labute approximate surface area is 147 Å². The van der Waals surface area contributed by atoms with Crippen LogP contribution in [-0.4, -0.2) is 36.6 Å². The Kier molecular flexibility index (Phi) is 4.53. The molecule has 0 bridgehead atoms. The summed E-state index contributed by atoms with van der Waals surface area (Å²) in [6.45, 7) is 8.62. The first-order valence-corrected chi connectivity index (χ1v) is 9.95. The van der Waals surface area contributed by atoms with E-state index in [-0.39, 0.29) is 0 Å². The lowest BCUT2D eigenvalue weighted by molar-refractivity contribution is -0.0786.